The Labute approximate surface area is 80.6 Å². The van der Waals surface area contributed by atoms with E-state index in [1.807, 2.05) is 6.92 Å². The van der Waals surface area contributed by atoms with Crippen molar-refractivity contribution in [3.05, 3.63) is 0 Å². The second kappa shape index (κ2) is 5.58. The molecule has 0 aromatic heterocycles. The number of ether oxygens (including phenoxy) is 2. The van der Waals surface area contributed by atoms with Crippen LogP contribution in [0.5, 0.6) is 0 Å². The average molecular weight is 187 g/mol. The molecule has 0 aliphatic heterocycles. The van der Waals surface area contributed by atoms with Gasteiger partial charge in [0.1, 0.15) is 0 Å². The number of rotatable bonds is 4. The minimum atomic E-state index is 0.193. The summed E-state index contributed by atoms with van der Waals surface area (Å²) >= 11 is 0. The molecule has 0 amide bonds. The monoisotopic (exact) mass is 187 g/mol. The molecule has 3 unspecified atom stereocenters. The second-order valence-corrected chi connectivity index (χ2v) is 3.93. The SMILES string of the molecule is COC(C)COC1CCCC(N)C1. The molecule has 0 spiro atoms. The van der Waals surface area contributed by atoms with Gasteiger partial charge in [-0.05, 0) is 32.6 Å². The van der Waals surface area contributed by atoms with Crippen LogP contribution in [0.1, 0.15) is 32.6 Å². The quantitative estimate of drug-likeness (QED) is 0.721. The third-order valence-corrected chi connectivity index (χ3v) is 2.64. The summed E-state index contributed by atoms with van der Waals surface area (Å²) in [6, 6.07) is 0.344. The Hall–Kier alpha value is -0.120. The van der Waals surface area contributed by atoms with E-state index in [0.717, 1.165) is 19.3 Å². The molecule has 3 nitrogen and oxygen atoms in total. The highest BCUT2D eigenvalue weighted by Gasteiger charge is 2.19. The van der Waals surface area contributed by atoms with Crippen LogP contribution < -0.4 is 5.73 Å². The van der Waals surface area contributed by atoms with Crippen LogP contribution in [0.15, 0.2) is 0 Å². The van der Waals surface area contributed by atoms with Crippen molar-refractivity contribution in [1.29, 1.82) is 0 Å². The summed E-state index contributed by atoms with van der Waals surface area (Å²) < 4.78 is 10.8. The molecule has 0 aromatic rings. The van der Waals surface area contributed by atoms with Crippen LogP contribution in [-0.2, 0) is 9.47 Å². The average Bonchev–Trinajstić information content (AvgIpc) is 2.14. The maximum absolute atomic E-state index is 5.85. The lowest BCUT2D eigenvalue weighted by Gasteiger charge is -2.27. The van der Waals surface area contributed by atoms with Crippen molar-refractivity contribution >= 4 is 0 Å². The summed E-state index contributed by atoms with van der Waals surface area (Å²) in [6.45, 7) is 2.71. The first kappa shape index (κ1) is 11.0. The Morgan fingerprint density at radius 1 is 1.46 bits per heavy atom. The lowest BCUT2D eigenvalue weighted by Crippen LogP contribution is -2.33. The summed E-state index contributed by atoms with van der Waals surface area (Å²) in [6.07, 6.45) is 5.08. The summed E-state index contributed by atoms with van der Waals surface area (Å²) in [7, 11) is 1.71. The summed E-state index contributed by atoms with van der Waals surface area (Å²) in [5.74, 6) is 0. The van der Waals surface area contributed by atoms with E-state index >= 15 is 0 Å². The normalized spacial score (nSPS) is 31.6. The van der Waals surface area contributed by atoms with E-state index < -0.39 is 0 Å². The standard InChI is InChI=1S/C10H21NO2/c1-8(12-2)7-13-10-5-3-4-9(11)6-10/h8-10H,3-7,11H2,1-2H3. The molecular formula is C10H21NO2. The highest BCUT2D eigenvalue weighted by molar-refractivity contribution is 4.75. The van der Waals surface area contributed by atoms with Gasteiger partial charge in [0.15, 0.2) is 0 Å². The van der Waals surface area contributed by atoms with Gasteiger partial charge in [-0.2, -0.15) is 0 Å². The lowest BCUT2D eigenvalue weighted by atomic mass is 9.93. The van der Waals surface area contributed by atoms with Gasteiger partial charge >= 0.3 is 0 Å². The lowest BCUT2D eigenvalue weighted by molar-refractivity contribution is -0.0344. The van der Waals surface area contributed by atoms with E-state index in [0.29, 0.717) is 18.8 Å². The van der Waals surface area contributed by atoms with Crippen LogP contribution in [0.25, 0.3) is 0 Å². The van der Waals surface area contributed by atoms with E-state index in [2.05, 4.69) is 0 Å². The van der Waals surface area contributed by atoms with E-state index in [4.69, 9.17) is 15.2 Å². The van der Waals surface area contributed by atoms with E-state index in [1.165, 1.54) is 6.42 Å². The Kier molecular flexibility index (Phi) is 4.70. The van der Waals surface area contributed by atoms with Gasteiger partial charge < -0.3 is 15.2 Å². The van der Waals surface area contributed by atoms with Crippen LogP contribution in [0.2, 0.25) is 0 Å². The molecule has 1 saturated carbocycles. The zero-order valence-electron chi connectivity index (χ0n) is 8.66. The number of nitrogens with two attached hydrogens (primary N) is 1. The van der Waals surface area contributed by atoms with Crippen molar-refractivity contribution in [1.82, 2.24) is 0 Å². The fourth-order valence-corrected chi connectivity index (χ4v) is 1.67. The van der Waals surface area contributed by atoms with Crippen molar-refractivity contribution in [2.75, 3.05) is 13.7 Å². The van der Waals surface area contributed by atoms with Gasteiger partial charge in [0.2, 0.25) is 0 Å². The molecule has 0 saturated heterocycles. The third kappa shape index (κ3) is 4.07. The van der Waals surface area contributed by atoms with E-state index in [-0.39, 0.29) is 6.10 Å². The maximum atomic E-state index is 5.85. The third-order valence-electron chi connectivity index (χ3n) is 2.64. The molecule has 0 radical (unpaired) electrons. The molecular weight excluding hydrogens is 166 g/mol. The first-order chi connectivity index (χ1) is 6.22. The number of hydrogen-bond acceptors (Lipinski definition) is 3. The molecule has 0 heterocycles. The highest BCUT2D eigenvalue weighted by Crippen LogP contribution is 2.19. The predicted molar refractivity (Wildman–Crippen MR) is 52.7 cm³/mol. The summed E-state index contributed by atoms with van der Waals surface area (Å²) in [4.78, 5) is 0. The van der Waals surface area contributed by atoms with E-state index in [9.17, 15) is 0 Å². The van der Waals surface area contributed by atoms with Crippen molar-refractivity contribution in [2.24, 2.45) is 5.73 Å². The zero-order chi connectivity index (χ0) is 9.68. The van der Waals surface area contributed by atoms with Crippen LogP contribution >= 0.6 is 0 Å². The van der Waals surface area contributed by atoms with Crippen molar-refractivity contribution in [2.45, 2.75) is 50.9 Å². The largest absolute Gasteiger partial charge is 0.379 e. The van der Waals surface area contributed by atoms with Crippen LogP contribution in [0.3, 0.4) is 0 Å². The molecule has 1 aliphatic rings. The van der Waals surface area contributed by atoms with Gasteiger partial charge in [-0.25, -0.2) is 0 Å². The Morgan fingerprint density at radius 3 is 2.85 bits per heavy atom. The molecule has 0 aromatic carbocycles. The van der Waals surface area contributed by atoms with Gasteiger partial charge in [-0.1, -0.05) is 0 Å². The maximum Gasteiger partial charge on any atom is 0.0776 e. The molecule has 3 heteroatoms. The minimum Gasteiger partial charge on any atom is -0.379 e. The zero-order valence-corrected chi connectivity index (χ0v) is 8.66. The molecule has 78 valence electrons. The Morgan fingerprint density at radius 2 is 2.23 bits per heavy atom. The van der Waals surface area contributed by atoms with Crippen LogP contribution in [0, 0.1) is 0 Å². The predicted octanol–water partition coefficient (Wildman–Crippen LogP) is 1.31. The molecule has 3 atom stereocenters. The topological polar surface area (TPSA) is 44.5 Å². The molecule has 2 N–H and O–H groups in total. The fraction of sp³-hybridized carbons (Fsp3) is 1.00. The highest BCUT2D eigenvalue weighted by atomic mass is 16.5. The fourth-order valence-electron chi connectivity index (χ4n) is 1.67. The first-order valence-electron chi connectivity index (χ1n) is 5.12. The Bertz CT molecular complexity index is 141. The van der Waals surface area contributed by atoms with Gasteiger partial charge in [0.25, 0.3) is 0 Å². The summed E-state index contributed by atoms with van der Waals surface area (Å²) in [5, 5.41) is 0. The second-order valence-electron chi connectivity index (χ2n) is 3.93. The van der Waals surface area contributed by atoms with Crippen molar-refractivity contribution in [3.63, 3.8) is 0 Å². The molecule has 0 bridgehead atoms. The van der Waals surface area contributed by atoms with Crippen LogP contribution in [-0.4, -0.2) is 32.0 Å². The van der Waals surface area contributed by atoms with Gasteiger partial charge in [-0.15, -0.1) is 0 Å². The first-order valence-corrected chi connectivity index (χ1v) is 5.12. The smallest absolute Gasteiger partial charge is 0.0776 e. The molecule has 13 heavy (non-hydrogen) atoms. The molecule has 1 rings (SSSR count). The molecule has 1 fully saturated rings. The molecule has 1 aliphatic carbocycles. The van der Waals surface area contributed by atoms with Crippen molar-refractivity contribution < 1.29 is 9.47 Å². The van der Waals surface area contributed by atoms with Gasteiger partial charge in [0.05, 0.1) is 18.8 Å². The van der Waals surface area contributed by atoms with E-state index in [1.54, 1.807) is 7.11 Å². The van der Waals surface area contributed by atoms with Gasteiger partial charge in [0, 0.05) is 13.2 Å². The number of methoxy groups -OCH3 is 1. The van der Waals surface area contributed by atoms with Crippen LogP contribution in [0.4, 0.5) is 0 Å². The minimum absolute atomic E-state index is 0.193. The van der Waals surface area contributed by atoms with Gasteiger partial charge in [-0.3, -0.25) is 0 Å². The Balaban J connectivity index is 2.13. The van der Waals surface area contributed by atoms with Crippen molar-refractivity contribution in [3.8, 4) is 0 Å². The number of hydrogen-bond donors (Lipinski definition) is 1. The summed E-state index contributed by atoms with van der Waals surface area (Å²) in [5.41, 5.74) is 5.85.